The van der Waals surface area contributed by atoms with Gasteiger partial charge in [-0.25, -0.2) is 5.01 Å². The zero-order valence-electron chi connectivity index (χ0n) is 5.80. The van der Waals surface area contributed by atoms with Gasteiger partial charge in [-0.05, 0) is 19.8 Å². The van der Waals surface area contributed by atoms with Crippen LogP contribution in [0.2, 0.25) is 0 Å². The highest BCUT2D eigenvalue weighted by Crippen LogP contribution is 2.17. The summed E-state index contributed by atoms with van der Waals surface area (Å²) < 4.78 is 0. The zero-order valence-corrected chi connectivity index (χ0v) is 5.80. The molecular formula is C6H14N2O. The average Bonchev–Trinajstić information content (AvgIpc) is 1.60. The second kappa shape index (κ2) is 2.25. The van der Waals surface area contributed by atoms with Crippen LogP contribution in [0.4, 0.5) is 0 Å². The molecule has 0 spiro atoms. The van der Waals surface area contributed by atoms with Gasteiger partial charge < -0.3 is 5.11 Å². The van der Waals surface area contributed by atoms with Crippen molar-refractivity contribution >= 4 is 0 Å². The van der Waals surface area contributed by atoms with Crippen LogP contribution in [0.1, 0.15) is 19.8 Å². The summed E-state index contributed by atoms with van der Waals surface area (Å²) in [5.74, 6) is 5.48. The van der Waals surface area contributed by atoms with Gasteiger partial charge in [0, 0.05) is 13.1 Å². The van der Waals surface area contributed by atoms with Gasteiger partial charge in [-0.15, -0.1) is 0 Å². The molecule has 0 aromatic carbocycles. The van der Waals surface area contributed by atoms with Crippen LogP contribution in [0.25, 0.3) is 0 Å². The van der Waals surface area contributed by atoms with Gasteiger partial charge in [0.2, 0.25) is 0 Å². The maximum Gasteiger partial charge on any atom is 0.0760 e. The van der Waals surface area contributed by atoms with Crippen molar-refractivity contribution in [2.75, 3.05) is 13.1 Å². The molecule has 0 radical (unpaired) electrons. The molecule has 3 heteroatoms. The van der Waals surface area contributed by atoms with Gasteiger partial charge in [-0.2, -0.15) is 0 Å². The minimum Gasteiger partial charge on any atom is -0.389 e. The van der Waals surface area contributed by atoms with Crippen LogP contribution in [0, 0.1) is 0 Å². The summed E-state index contributed by atoms with van der Waals surface area (Å²) in [5.41, 5.74) is -0.549. The number of rotatable bonds is 0. The number of β-amino-alcohol motifs (C(OH)–C–C–N with tert-alkyl or cyclic N) is 1. The Morgan fingerprint density at radius 3 is 2.67 bits per heavy atom. The van der Waals surface area contributed by atoms with Gasteiger partial charge in [-0.3, -0.25) is 5.84 Å². The van der Waals surface area contributed by atoms with Gasteiger partial charge in [0.1, 0.15) is 0 Å². The lowest BCUT2D eigenvalue weighted by Crippen LogP contribution is -2.49. The molecule has 1 saturated heterocycles. The van der Waals surface area contributed by atoms with Crippen molar-refractivity contribution in [3.8, 4) is 0 Å². The number of piperidine rings is 1. The first-order valence-corrected chi connectivity index (χ1v) is 3.32. The molecule has 54 valence electrons. The summed E-state index contributed by atoms with van der Waals surface area (Å²) in [7, 11) is 0. The number of hydrogen-bond acceptors (Lipinski definition) is 3. The van der Waals surface area contributed by atoms with E-state index in [4.69, 9.17) is 5.84 Å². The molecule has 1 aliphatic heterocycles. The lowest BCUT2D eigenvalue weighted by atomic mass is 9.96. The Bertz CT molecular complexity index is 103. The first-order valence-electron chi connectivity index (χ1n) is 3.32. The predicted molar refractivity (Wildman–Crippen MR) is 35.6 cm³/mol. The van der Waals surface area contributed by atoms with Gasteiger partial charge in [0.25, 0.3) is 0 Å². The molecule has 1 fully saturated rings. The molecule has 0 bridgehead atoms. The average molecular weight is 130 g/mol. The van der Waals surface area contributed by atoms with Crippen LogP contribution in [0.3, 0.4) is 0 Å². The molecule has 9 heavy (non-hydrogen) atoms. The third kappa shape index (κ3) is 1.93. The van der Waals surface area contributed by atoms with Crippen molar-refractivity contribution < 1.29 is 5.11 Å². The van der Waals surface area contributed by atoms with E-state index in [9.17, 15) is 5.11 Å². The zero-order chi connectivity index (χ0) is 6.91. The third-order valence-electron chi connectivity index (χ3n) is 1.70. The number of hydrogen-bond donors (Lipinski definition) is 2. The lowest BCUT2D eigenvalue weighted by Gasteiger charge is -2.33. The molecule has 3 nitrogen and oxygen atoms in total. The molecule has 0 aromatic rings. The predicted octanol–water partition coefficient (Wildman–Crippen LogP) is -0.293. The second-order valence-corrected chi connectivity index (χ2v) is 3.07. The summed E-state index contributed by atoms with van der Waals surface area (Å²) in [6.45, 7) is 3.34. The fourth-order valence-electron chi connectivity index (χ4n) is 1.26. The summed E-state index contributed by atoms with van der Waals surface area (Å²) in [6.07, 6.45) is 1.88. The molecule has 1 aliphatic rings. The van der Waals surface area contributed by atoms with E-state index in [1.54, 1.807) is 5.01 Å². The van der Waals surface area contributed by atoms with E-state index in [0.29, 0.717) is 6.54 Å². The van der Waals surface area contributed by atoms with Gasteiger partial charge in [0.15, 0.2) is 0 Å². The maximum absolute atomic E-state index is 9.42. The standard InChI is InChI=1S/C6H14N2O/c1-6(9)3-2-4-8(7)5-6/h9H,2-5,7H2,1H3. The highest BCUT2D eigenvalue weighted by atomic mass is 16.3. The summed E-state index contributed by atoms with van der Waals surface area (Å²) in [5, 5.41) is 11.1. The van der Waals surface area contributed by atoms with E-state index in [1.165, 1.54) is 0 Å². The summed E-state index contributed by atoms with van der Waals surface area (Å²) >= 11 is 0. The smallest absolute Gasteiger partial charge is 0.0760 e. The molecule has 0 amide bonds. The Morgan fingerprint density at radius 1 is 1.67 bits per heavy atom. The van der Waals surface area contributed by atoms with Crippen LogP contribution >= 0.6 is 0 Å². The number of hydrazine groups is 1. The fraction of sp³-hybridized carbons (Fsp3) is 1.00. The van der Waals surface area contributed by atoms with Crippen LogP contribution < -0.4 is 5.84 Å². The van der Waals surface area contributed by atoms with Gasteiger partial charge in [-0.1, -0.05) is 0 Å². The van der Waals surface area contributed by atoms with E-state index in [0.717, 1.165) is 19.4 Å². The largest absolute Gasteiger partial charge is 0.389 e. The Balaban J connectivity index is 2.41. The Kier molecular flexibility index (Phi) is 1.75. The Morgan fingerprint density at radius 2 is 2.33 bits per heavy atom. The van der Waals surface area contributed by atoms with E-state index >= 15 is 0 Å². The fourth-order valence-corrected chi connectivity index (χ4v) is 1.26. The summed E-state index contributed by atoms with van der Waals surface area (Å²) in [6, 6.07) is 0. The van der Waals surface area contributed by atoms with Gasteiger partial charge >= 0.3 is 0 Å². The second-order valence-electron chi connectivity index (χ2n) is 3.07. The third-order valence-corrected chi connectivity index (χ3v) is 1.70. The van der Waals surface area contributed by atoms with Crippen LogP contribution in [0.5, 0.6) is 0 Å². The van der Waals surface area contributed by atoms with Crippen molar-refractivity contribution in [3.05, 3.63) is 0 Å². The molecule has 0 aromatic heterocycles. The van der Waals surface area contributed by atoms with E-state index in [-0.39, 0.29) is 0 Å². The quantitative estimate of drug-likeness (QED) is 0.443. The number of nitrogens with zero attached hydrogens (tertiary/aromatic N) is 1. The molecule has 1 heterocycles. The van der Waals surface area contributed by atoms with Crippen LogP contribution in [0.15, 0.2) is 0 Å². The normalized spacial score (nSPS) is 39.0. The molecule has 0 aliphatic carbocycles. The molecule has 0 saturated carbocycles. The number of nitrogens with two attached hydrogens (primary N) is 1. The highest BCUT2D eigenvalue weighted by molar-refractivity contribution is 4.79. The maximum atomic E-state index is 9.42. The number of aliphatic hydroxyl groups is 1. The molecule has 1 unspecified atom stereocenters. The Labute approximate surface area is 55.4 Å². The monoisotopic (exact) mass is 130 g/mol. The summed E-state index contributed by atoms with van der Waals surface area (Å²) in [4.78, 5) is 0. The first-order chi connectivity index (χ1) is 4.10. The van der Waals surface area contributed by atoms with Crippen molar-refractivity contribution in [1.82, 2.24) is 5.01 Å². The molecule has 1 rings (SSSR count). The van der Waals surface area contributed by atoms with Crippen LogP contribution in [-0.2, 0) is 0 Å². The van der Waals surface area contributed by atoms with Crippen molar-refractivity contribution in [3.63, 3.8) is 0 Å². The minimum atomic E-state index is -0.549. The lowest BCUT2D eigenvalue weighted by molar-refractivity contribution is -0.0157. The SMILES string of the molecule is CC1(O)CCCN(N)C1. The Hall–Kier alpha value is -0.120. The van der Waals surface area contributed by atoms with E-state index in [1.807, 2.05) is 6.92 Å². The molecular weight excluding hydrogens is 116 g/mol. The van der Waals surface area contributed by atoms with Crippen molar-refractivity contribution in [2.24, 2.45) is 5.84 Å². The minimum absolute atomic E-state index is 0.549. The van der Waals surface area contributed by atoms with E-state index < -0.39 is 5.60 Å². The van der Waals surface area contributed by atoms with Crippen molar-refractivity contribution in [1.29, 1.82) is 0 Å². The topological polar surface area (TPSA) is 49.5 Å². The first kappa shape index (κ1) is 6.99. The molecule has 1 atom stereocenters. The van der Waals surface area contributed by atoms with Crippen molar-refractivity contribution in [2.45, 2.75) is 25.4 Å². The van der Waals surface area contributed by atoms with Crippen LogP contribution in [-0.4, -0.2) is 28.8 Å². The van der Waals surface area contributed by atoms with Gasteiger partial charge in [0.05, 0.1) is 5.60 Å². The van der Waals surface area contributed by atoms with E-state index in [2.05, 4.69) is 0 Å². The molecule has 3 N–H and O–H groups in total. The highest BCUT2D eigenvalue weighted by Gasteiger charge is 2.26.